The quantitative estimate of drug-likeness (QED) is 0.872. The van der Waals surface area contributed by atoms with Crippen LogP contribution in [0.3, 0.4) is 0 Å². The lowest BCUT2D eigenvalue weighted by molar-refractivity contribution is 0.0599. The second-order valence-electron chi connectivity index (χ2n) is 5.32. The van der Waals surface area contributed by atoms with Gasteiger partial charge in [-0.2, -0.15) is 0 Å². The van der Waals surface area contributed by atoms with E-state index < -0.39 is 16.0 Å². The first-order valence-electron chi connectivity index (χ1n) is 7.04. The molecule has 0 unspecified atom stereocenters. The minimum absolute atomic E-state index is 0.0180. The normalized spacial score (nSPS) is 11.1. The van der Waals surface area contributed by atoms with Crippen molar-refractivity contribution in [3.8, 4) is 0 Å². The summed E-state index contributed by atoms with van der Waals surface area (Å²) in [6, 6.07) is 9.78. The molecule has 2 aromatic rings. The molecule has 2 rings (SSSR count). The minimum Gasteiger partial charge on any atom is -0.465 e. The van der Waals surface area contributed by atoms with E-state index in [1.165, 1.54) is 19.2 Å². The molecule has 0 heterocycles. The number of carbonyl (C=O) groups is 1. The maximum absolute atomic E-state index is 12.6. The molecule has 1 N–H and O–H groups in total. The van der Waals surface area contributed by atoms with E-state index in [1.54, 1.807) is 25.1 Å². The Hall–Kier alpha value is -2.34. The predicted molar refractivity (Wildman–Crippen MR) is 89.2 cm³/mol. The van der Waals surface area contributed by atoms with E-state index >= 15 is 0 Å². The zero-order chi connectivity index (χ0) is 17.2. The number of hydrogen-bond donors (Lipinski definition) is 1. The number of benzene rings is 2. The Labute approximate surface area is 136 Å². The van der Waals surface area contributed by atoms with Crippen molar-refractivity contribution in [2.45, 2.75) is 25.7 Å². The summed E-state index contributed by atoms with van der Waals surface area (Å²) < 4.78 is 32.4. The number of hydrogen-bond acceptors (Lipinski definition) is 4. The van der Waals surface area contributed by atoms with E-state index in [0.29, 0.717) is 11.3 Å². The fourth-order valence-corrected chi connectivity index (χ4v) is 3.31. The summed E-state index contributed by atoms with van der Waals surface area (Å²) in [5.41, 5.74) is 3.25. The predicted octanol–water partition coefficient (Wildman–Crippen LogP) is 3.20. The molecule has 0 aliphatic carbocycles. The van der Waals surface area contributed by atoms with Crippen LogP contribution in [0.5, 0.6) is 0 Å². The van der Waals surface area contributed by atoms with E-state index in [1.807, 2.05) is 19.9 Å². The zero-order valence-electron chi connectivity index (χ0n) is 13.5. The van der Waals surface area contributed by atoms with Crippen molar-refractivity contribution < 1.29 is 17.9 Å². The van der Waals surface area contributed by atoms with Crippen molar-refractivity contribution in [2.75, 3.05) is 11.8 Å². The average Bonchev–Trinajstić information content (AvgIpc) is 2.51. The third-order valence-corrected chi connectivity index (χ3v) is 5.14. The largest absolute Gasteiger partial charge is 0.465 e. The van der Waals surface area contributed by atoms with Crippen LogP contribution in [0.15, 0.2) is 41.3 Å². The molecule has 0 radical (unpaired) electrons. The second-order valence-corrected chi connectivity index (χ2v) is 7.00. The molecule has 0 fully saturated rings. The van der Waals surface area contributed by atoms with Gasteiger partial charge in [-0.3, -0.25) is 4.72 Å². The van der Waals surface area contributed by atoms with Gasteiger partial charge in [0.25, 0.3) is 10.0 Å². The highest BCUT2D eigenvalue weighted by Gasteiger charge is 2.19. The van der Waals surface area contributed by atoms with Crippen LogP contribution in [-0.4, -0.2) is 21.5 Å². The second kappa shape index (κ2) is 6.42. The van der Waals surface area contributed by atoms with Crippen LogP contribution < -0.4 is 4.72 Å². The first kappa shape index (κ1) is 17.0. The van der Waals surface area contributed by atoms with E-state index in [9.17, 15) is 13.2 Å². The van der Waals surface area contributed by atoms with Gasteiger partial charge in [-0.25, -0.2) is 13.2 Å². The number of nitrogens with one attached hydrogen (secondary N) is 1. The number of methoxy groups -OCH3 is 1. The van der Waals surface area contributed by atoms with Gasteiger partial charge in [0.1, 0.15) is 0 Å². The van der Waals surface area contributed by atoms with Gasteiger partial charge in [0, 0.05) is 0 Å². The Morgan fingerprint density at radius 1 is 1.04 bits per heavy atom. The monoisotopic (exact) mass is 333 g/mol. The molecule has 0 amide bonds. The lowest BCUT2D eigenvalue weighted by atomic mass is 10.1. The van der Waals surface area contributed by atoms with Crippen molar-refractivity contribution in [3.63, 3.8) is 0 Å². The third-order valence-electron chi connectivity index (χ3n) is 3.77. The van der Waals surface area contributed by atoms with Crippen LogP contribution in [0.25, 0.3) is 0 Å². The van der Waals surface area contributed by atoms with E-state index in [0.717, 1.165) is 11.1 Å². The van der Waals surface area contributed by atoms with Crippen LogP contribution in [0, 0.1) is 20.8 Å². The Balaban J connectivity index is 2.44. The Kier molecular flexibility index (Phi) is 4.75. The lowest BCUT2D eigenvalue weighted by Gasteiger charge is -2.13. The van der Waals surface area contributed by atoms with Crippen molar-refractivity contribution >= 4 is 21.7 Å². The van der Waals surface area contributed by atoms with Gasteiger partial charge in [-0.1, -0.05) is 18.2 Å². The molecule has 122 valence electrons. The summed E-state index contributed by atoms with van der Waals surface area (Å²) in [7, 11) is -2.53. The number of ether oxygens (including phenoxy) is 1. The summed E-state index contributed by atoms with van der Waals surface area (Å²) in [4.78, 5) is 11.8. The molecule has 0 bridgehead atoms. The molecule has 0 spiro atoms. The molecule has 0 aromatic heterocycles. The number of sulfonamides is 1. The smallest absolute Gasteiger partial charge is 0.338 e. The highest BCUT2D eigenvalue weighted by molar-refractivity contribution is 7.92. The standard InChI is InChI=1S/C17H19NO4S/c1-11-6-5-7-16(13(11)3)18-23(20,21)14-9-8-12(2)15(10-14)17(19)22-4/h5-10,18H,1-4H3. The average molecular weight is 333 g/mol. The molecule has 0 aliphatic heterocycles. The van der Waals surface area contributed by atoms with Crippen LogP contribution in [-0.2, 0) is 14.8 Å². The number of anilines is 1. The van der Waals surface area contributed by atoms with E-state index in [2.05, 4.69) is 9.46 Å². The lowest BCUT2D eigenvalue weighted by Crippen LogP contribution is -2.15. The Morgan fingerprint density at radius 2 is 1.74 bits per heavy atom. The highest BCUT2D eigenvalue weighted by atomic mass is 32.2. The van der Waals surface area contributed by atoms with Crippen molar-refractivity contribution in [1.82, 2.24) is 0 Å². The van der Waals surface area contributed by atoms with E-state index in [4.69, 9.17) is 0 Å². The van der Waals surface area contributed by atoms with Crippen LogP contribution in [0.1, 0.15) is 27.0 Å². The molecule has 23 heavy (non-hydrogen) atoms. The van der Waals surface area contributed by atoms with Crippen LogP contribution in [0.2, 0.25) is 0 Å². The number of rotatable bonds is 4. The Morgan fingerprint density at radius 3 is 2.39 bits per heavy atom. The highest BCUT2D eigenvalue weighted by Crippen LogP contribution is 2.23. The molecule has 0 atom stereocenters. The van der Waals surface area contributed by atoms with Gasteiger partial charge in [0.05, 0.1) is 23.3 Å². The molecular formula is C17H19NO4S. The maximum atomic E-state index is 12.6. The topological polar surface area (TPSA) is 72.5 Å². The minimum atomic E-state index is -3.79. The van der Waals surface area contributed by atoms with Crippen LogP contribution >= 0.6 is 0 Å². The SMILES string of the molecule is COC(=O)c1cc(S(=O)(=O)Nc2cccc(C)c2C)ccc1C. The van der Waals surface area contributed by atoms with Gasteiger partial charge in [0.2, 0.25) is 0 Å². The fraction of sp³-hybridized carbons (Fsp3) is 0.235. The van der Waals surface area contributed by atoms with Crippen molar-refractivity contribution in [1.29, 1.82) is 0 Å². The summed E-state index contributed by atoms with van der Waals surface area (Å²) in [5.74, 6) is -0.564. The summed E-state index contributed by atoms with van der Waals surface area (Å²) in [6.45, 7) is 5.48. The Bertz CT molecular complexity index is 857. The van der Waals surface area contributed by atoms with Gasteiger partial charge in [0.15, 0.2) is 0 Å². The molecule has 0 saturated carbocycles. The molecule has 5 nitrogen and oxygen atoms in total. The molecule has 0 aliphatic rings. The summed E-state index contributed by atoms with van der Waals surface area (Å²) in [5, 5.41) is 0. The number of esters is 1. The van der Waals surface area contributed by atoms with Crippen LogP contribution in [0.4, 0.5) is 5.69 Å². The van der Waals surface area contributed by atoms with Gasteiger partial charge < -0.3 is 4.74 Å². The maximum Gasteiger partial charge on any atom is 0.338 e. The summed E-state index contributed by atoms with van der Waals surface area (Å²) >= 11 is 0. The van der Waals surface area contributed by atoms with Crippen molar-refractivity contribution in [2.24, 2.45) is 0 Å². The van der Waals surface area contributed by atoms with Gasteiger partial charge in [-0.15, -0.1) is 0 Å². The number of aryl methyl sites for hydroxylation is 2. The fourth-order valence-electron chi connectivity index (χ4n) is 2.16. The number of carbonyl (C=O) groups excluding carboxylic acids is 1. The van der Waals surface area contributed by atoms with Gasteiger partial charge in [-0.05, 0) is 55.7 Å². The molecule has 0 saturated heterocycles. The first-order chi connectivity index (χ1) is 10.8. The molecule has 6 heteroatoms. The van der Waals surface area contributed by atoms with Gasteiger partial charge >= 0.3 is 5.97 Å². The third kappa shape index (κ3) is 3.53. The zero-order valence-corrected chi connectivity index (χ0v) is 14.3. The molecule has 2 aromatic carbocycles. The van der Waals surface area contributed by atoms with Crippen molar-refractivity contribution in [3.05, 3.63) is 58.7 Å². The van der Waals surface area contributed by atoms with E-state index in [-0.39, 0.29) is 10.5 Å². The molecular weight excluding hydrogens is 314 g/mol. The first-order valence-corrected chi connectivity index (χ1v) is 8.52. The summed E-state index contributed by atoms with van der Waals surface area (Å²) in [6.07, 6.45) is 0.